The van der Waals surface area contributed by atoms with E-state index in [4.69, 9.17) is 9.97 Å². The molecule has 58 heavy (non-hydrogen) atoms. The zero-order chi connectivity index (χ0) is 38.2. The summed E-state index contributed by atoms with van der Waals surface area (Å²) in [4.78, 5) is 10.5. The standard InChI is InChI=1S/C54H34N4/c1-3-15-35(16-4-1)36-27-30-39(31-28-36)57-49-26-14-11-23-44(49)52-42-21-8-7-19-40(42)45(34-51(52)57)38-29-32-50-46(33-38)41-20-10-13-25-48(41)58(50)54-55-47-24-12-9-22-43(47)53(56-54)37-17-5-2-6-18-37/h1-34H. The van der Waals surface area contributed by atoms with E-state index in [1.165, 1.54) is 49.3 Å². The highest BCUT2D eigenvalue weighted by Gasteiger charge is 2.21. The van der Waals surface area contributed by atoms with Crippen LogP contribution in [-0.4, -0.2) is 19.1 Å². The molecule has 0 spiro atoms. The Labute approximate surface area is 334 Å². The van der Waals surface area contributed by atoms with Crippen molar-refractivity contribution in [2.75, 3.05) is 0 Å². The monoisotopic (exact) mass is 738 g/mol. The molecular formula is C54H34N4. The molecule has 0 radical (unpaired) electrons. The van der Waals surface area contributed by atoms with E-state index in [2.05, 4.69) is 203 Å². The van der Waals surface area contributed by atoms with Gasteiger partial charge in [-0.05, 0) is 81.6 Å². The van der Waals surface area contributed by atoms with Gasteiger partial charge in [0.25, 0.3) is 0 Å². The summed E-state index contributed by atoms with van der Waals surface area (Å²) < 4.78 is 4.66. The maximum absolute atomic E-state index is 5.30. The molecule has 9 aromatic carbocycles. The van der Waals surface area contributed by atoms with Crippen molar-refractivity contribution in [3.05, 3.63) is 206 Å². The fourth-order valence-electron chi connectivity index (χ4n) is 9.12. The minimum atomic E-state index is 0.658. The summed E-state index contributed by atoms with van der Waals surface area (Å²) in [6.45, 7) is 0. The van der Waals surface area contributed by atoms with Crippen molar-refractivity contribution in [3.63, 3.8) is 0 Å². The molecule has 0 saturated carbocycles. The van der Waals surface area contributed by atoms with E-state index in [9.17, 15) is 0 Å². The molecule has 12 aromatic rings. The van der Waals surface area contributed by atoms with E-state index in [1.54, 1.807) is 0 Å². The molecular weight excluding hydrogens is 705 g/mol. The summed E-state index contributed by atoms with van der Waals surface area (Å²) in [5.41, 5.74) is 13.3. The predicted octanol–water partition coefficient (Wildman–Crippen LogP) is 14.0. The van der Waals surface area contributed by atoms with Crippen molar-refractivity contribution in [1.82, 2.24) is 19.1 Å². The van der Waals surface area contributed by atoms with Crippen LogP contribution in [0.1, 0.15) is 0 Å². The van der Waals surface area contributed by atoms with E-state index >= 15 is 0 Å². The SMILES string of the molecule is c1ccc(-c2ccc(-n3c4ccccc4c4c5ccccc5c(-c5ccc6c(c5)c5ccccc5n6-c5nc(-c6ccccc6)c6ccccc6n5)cc43)cc2)cc1. The van der Waals surface area contributed by atoms with Gasteiger partial charge in [0.1, 0.15) is 0 Å². The smallest absolute Gasteiger partial charge is 0.235 e. The summed E-state index contributed by atoms with van der Waals surface area (Å²) in [7, 11) is 0. The number of aromatic nitrogens is 4. The second kappa shape index (κ2) is 12.9. The highest BCUT2D eigenvalue weighted by atomic mass is 15.2. The molecule has 0 N–H and O–H groups in total. The van der Waals surface area contributed by atoms with Gasteiger partial charge in [-0.2, -0.15) is 0 Å². The number of para-hydroxylation sites is 3. The topological polar surface area (TPSA) is 35.6 Å². The number of rotatable bonds is 5. The first kappa shape index (κ1) is 32.4. The van der Waals surface area contributed by atoms with Crippen molar-refractivity contribution in [2.24, 2.45) is 0 Å². The molecule has 0 bridgehead atoms. The normalized spacial score (nSPS) is 11.8. The lowest BCUT2D eigenvalue weighted by Gasteiger charge is -2.13. The molecule has 0 unspecified atom stereocenters. The van der Waals surface area contributed by atoms with Gasteiger partial charge < -0.3 is 4.57 Å². The van der Waals surface area contributed by atoms with Crippen LogP contribution in [0.5, 0.6) is 0 Å². The highest BCUT2D eigenvalue weighted by molar-refractivity contribution is 6.24. The molecule has 0 aliphatic rings. The molecule has 0 atom stereocenters. The fraction of sp³-hybridized carbons (Fsp3) is 0. The zero-order valence-electron chi connectivity index (χ0n) is 31.4. The van der Waals surface area contributed by atoms with Crippen LogP contribution in [-0.2, 0) is 0 Å². The minimum absolute atomic E-state index is 0.658. The number of benzene rings is 9. The van der Waals surface area contributed by atoms with Crippen LogP contribution in [0.15, 0.2) is 206 Å². The molecule has 0 saturated heterocycles. The molecule has 0 aliphatic carbocycles. The number of nitrogens with zero attached hydrogens (tertiary/aromatic N) is 4. The Morgan fingerprint density at radius 3 is 1.62 bits per heavy atom. The molecule has 3 heterocycles. The van der Waals surface area contributed by atoms with Crippen molar-refractivity contribution in [3.8, 4) is 45.1 Å². The predicted molar refractivity (Wildman–Crippen MR) is 242 cm³/mol. The van der Waals surface area contributed by atoms with Crippen LogP contribution in [0.4, 0.5) is 0 Å². The van der Waals surface area contributed by atoms with Gasteiger partial charge in [0.2, 0.25) is 5.95 Å². The summed E-state index contributed by atoms with van der Waals surface area (Å²) in [6.07, 6.45) is 0. The van der Waals surface area contributed by atoms with Crippen molar-refractivity contribution < 1.29 is 0 Å². The largest absolute Gasteiger partial charge is 0.309 e. The molecule has 270 valence electrons. The maximum Gasteiger partial charge on any atom is 0.235 e. The molecule has 0 fully saturated rings. The van der Waals surface area contributed by atoms with Gasteiger partial charge in [0.05, 0.1) is 33.3 Å². The van der Waals surface area contributed by atoms with Gasteiger partial charge in [-0.25, -0.2) is 9.97 Å². The minimum Gasteiger partial charge on any atom is -0.309 e. The second-order valence-corrected chi connectivity index (χ2v) is 15.0. The van der Waals surface area contributed by atoms with Crippen LogP contribution in [0, 0.1) is 0 Å². The molecule has 0 aliphatic heterocycles. The quantitative estimate of drug-likeness (QED) is 0.176. The van der Waals surface area contributed by atoms with E-state index < -0.39 is 0 Å². The van der Waals surface area contributed by atoms with Crippen LogP contribution >= 0.6 is 0 Å². The highest BCUT2D eigenvalue weighted by Crippen LogP contribution is 2.43. The van der Waals surface area contributed by atoms with Crippen molar-refractivity contribution >= 4 is 65.3 Å². The van der Waals surface area contributed by atoms with Gasteiger partial charge in [-0.3, -0.25) is 4.57 Å². The lowest BCUT2D eigenvalue weighted by Crippen LogP contribution is -2.03. The van der Waals surface area contributed by atoms with E-state index in [0.29, 0.717) is 5.95 Å². The number of fused-ring (bicyclic) bond motifs is 9. The van der Waals surface area contributed by atoms with Gasteiger partial charge >= 0.3 is 0 Å². The summed E-state index contributed by atoms with van der Waals surface area (Å²) >= 11 is 0. The first-order chi connectivity index (χ1) is 28.8. The third-order valence-electron chi connectivity index (χ3n) is 11.7. The fourth-order valence-corrected chi connectivity index (χ4v) is 9.12. The molecule has 3 aromatic heterocycles. The van der Waals surface area contributed by atoms with Crippen molar-refractivity contribution in [2.45, 2.75) is 0 Å². The third-order valence-corrected chi connectivity index (χ3v) is 11.7. The van der Waals surface area contributed by atoms with Gasteiger partial charge in [-0.15, -0.1) is 0 Å². The van der Waals surface area contributed by atoms with E-state index in [1.807, 2.05) is 12.1 Å². The van der Waals surface area contributed by atoms with Crippen LogP contribution in [0.25, 0.3) is 110 Å². The average molecular weight is 739 g/mol. The van der Waals surface area contributed by atoms with E-state index in [-0.39, 0.29) is 0 Å². The first-order valence-electron chi connectivity index (χ1n) is 19.8. The van der Waals surface area contributed by atoms with Crippen LogP contribution in [0.2, 0.25) is 0 Å². The lowest BCUT2D eigenvalue weighted by atomic mass is 9.94. The second-order valence-electron chi connectivity index (χ2n) is 15.0. The maximum atomic E-state index is 5.30. The Hall–Kier alpha value is -7.82. The lowest BCUT2D eigenvalue weighted by molar-refractivity contribution is 1.01. The molecule has 4 heteroatoms. The molecule has 12 rings (SSSR count). The number of hydrogen-bond acceptors (Lipinski definition) is 2. The van der Waals surface area contributed by atoms with Gasteiger partial charge in [0, 0.05) is 38.2 Å². The van der Waals surface area contributed by atoms with Crippen molar-refractivity contribution in [1.29, 1.82) is 0 Å². The van der Waals surface area contributed by atoms with Gasteiger partial charge in [0.15, 0.2) is 0 Å². The van der Waals surface area contributed by atoms with Crippen LogP contribution < -0.4 is 0 Å². The Bertz CT molecular complexity index is 3540. The summed E-state index contributed by atoms with van der Waals surface area (Å²) in [5, 5.41) is 8.34. The van der Waals surface area contributed by atoms with E-state index in [0.717, 1.165) is 55.2 Å². The Kier molecular flexibility index (Phi) is 7.20. The Balaban J connectivity index is 1.09. The van der Waals surface area contributed by atoms with Gasteiger partial charge in [-0.1, -0.05) is 158 Å². The summed E-state index contributed by atoms with van der Waals surface area (Å²) in [6, 6.07) is 73.9. The average Bonchev–Trinajstić information content (AvgIpc) is 3.82. The zero-order valence-corrected chi connectivity index (χ0v) is 31.4. The van der Waals surface area contributed by atoms with Crippen LogP contribution in [0.3, 0.4) is 0 Å². The Morgan fingerprint density at radius 2 is 0.862 bits per heavy atom. The molecule has 0 amide bonds. The Morgan fingerprint density at radius 1 is 0.310 bits per heavy atom. The molecule has 4 nitrogen and oxygen atoms in total. The third kappa shape index (κ3) is 4.95. The first-order valence-corrected chi connectivity index (χ1v) is 19.8. The number of hydrogen-bond donors (Lipinski definition) is 0. The summed E-state index contributed by atoms with van der Waals surface area (Å²) in [5.74, 6) is 0.658.